The van der Waals surface area contributed by atoms with Crippen LogP contribution < -0.4 is 5.32 Å². The summed E-state index contributed by atoms with van der Waals surface area (Å²) >= 11 is 0. The molecule has 1 heterocycles. The predicted molar refractivity (Wildman–Crippen MR) is 51.2 cm³/mol. The molecule has 0 aliphatic carbocycles. The van der Waals surface area contributed by atoms with Gasteiger partial charge >= 0.3 is 0 Å². The second-order valence-electron chi connectivity index (χ2n) is 4.18. The zero-order valence-corrected chi connectivity index (χ0v) is 8.47. The van der Waals surface area contributed by atoms with Gasteiger partial charge in [0, 0.05) is 12.6 Å². The first-order valence-electron chi connectivity index (χ1n) is 5.01. The van der Waals surface area contributed by atoms with Crippen LogP contribution in [0.3, 0.4) is 0 Å². The van der Waals surface area contributed by atoms with E-state index in [4.69, 9.17) is 4.74 Å². The van der Waals surface area contributed by atoms with Gasteiger partial charge in [0.25, 0.3) is 0 Å². The van der Waals surface area contributed by atoms with Gasteiger partial charge < -0.3 is 10.1 Å². The van der Waals surface area contributed by atoms with Crippen LogP contribution in [-0.4, -0.2) is 25.8 Å². The lowest BCUT2D eigenvalue weighted by molar-refractivity contribution is 0.0668. The predicted octanol–water partition coefficient (Wildman–Crippen LogP) is 1.66. The van der Waals surface area contributed by atoms with Gasteiger partial charge in [-0.05, 0) is 18.3 Å². The van der Waals surface area contributed by atoms with E-state index in [1.165, 1.54) is 6.42 Å². The van der Waals surface area contributed by atoms with Crippen LogP contribution in [0.2, 0.25) is 0 Å². The Morgan fingerprint density at radius 1 is 1.42 bits per heavy atom. The molecule has 1 aliphatic rings. The Hall–Kier alpha value is -0.0800. The summed E-state index contributed by atoms with van der Waals surface area (Å²) in [6.45, 7) is 9.70. The first kappa shape index (κ1) is 10.0. The highest BCUT2D eigenvalue weighted by molar-refractivity contribution is 4.73. The molecule has 0 saturated carbocycles. The molecule has 2 atom stereocenters. The van der Waals surface area contributed by atoms with Crippen molar-refractivity contribution in [3.05, 3.63) is 0 Å². The Morgan fingerprint density at radius 3 is 2.67 bits per heavy atom. The summed E-state index contributed by atoms with van der Waals surface area (Å²) in [6, 6.07) is 0.594. The molecule has 0 radical (unpaired) electrons. The van der Waals surface area contributed by atoms with Crippen molar-refractivity contribution >= 4 is 0 Å². The first-order chi connectivity index (χ1) is 5.70. The van der Waals surface area contributed by atoms with E-state index < -0.39 is 0 Å². The van der Waals surface area contributed by atoms with E-state index in [2.05, 4.69) is 26.1 Å². The summed E-state index contributed by atoms with van der Waals surface area (Å²) in [4.78, 5) is 0. The van der Waals surface area contributed by atoms with E-state index in [0.717, 1.165) is 31.6 Å². The molecule has 2 heteroatoms. The summed E-state index contributed by atoms with van der Waals surface area (Å²) in [7, 11) is 0. The molecule has 0 spiro atoms. The van der Waals surface area contributed by atoms with Gasteiger partial charge in [0.15, 0.2) is 0 Å². The van der Waals surface area contributed by atoms with E-state index in [1.54, 1.807) is 0 Å². The molecule has 2 nitrogen and oxygen atoms in total. The van der Waals surface area contributed by atoms with E-state index in [0.29, 0.717) is 6.04 Å². The van der Waals surface area contributed by atoms with Crippen molar-refractivity contribution in [3.8, 4) is 0 Å². The van der Waals surface area contributed by atoms with Crippen LogP contribution in [0.25, 0.3) is 0 Å². The Labute approximate surface area is 75.7 Å². The molecule has 0 amide bonds. The molecule has 0 aromatic rings. The second-order valence-corrected chi connectivity index (χ2v) is 4.18. The number of nitrogens with one attached hydrogen (secondary N) is 1. The minimum atomic E-state index is 0.594. The number of hydrogen-bond acceptors (Lipinski definition) is 2. The third kappa shape index (κ3) is 3.11. The fourth-order valence-electron chi connectivity index (χ4n) is 1.49. The number of hydrogen-bond donors (Lipinski definition) is 1. The molecule has 1 aliphatic heterocycles. The Bertz CT molecular complexity index is 119. The zero-order chi connectivity index (χ0) is 8.97. The van der Waals surface area contributed by atoms with Gasteiger partial charge in [-0.1, -0.05) is 20.8 Å². The molecular formula is C10H21NO. The van der Waals surface area contributed by atoms with Gasteiger partial charge in [0.1, 0.15) is 0 Å². The summed E-state index contributed by atoms with van der Waals surface area (Å²) in [6.07, 6.45) is 1.25. The van der Waals surface area contributed by atoms with Gasteiger partial charge in [-0.15, -0.1) is 0 Å². The molecule has 1 fully saturated rings. The lowest BCUT2D eigenvalue weighted by Crippen LogP contribution is -2.42. The molecule has 0 aromatic heterocycles. The van der Waals surface area contributed by atoms with Gasteiger partial charge in [0.05, 0.1) is 13.2 Å². The molecule has 1 rings (SSSR count). The third-order valence-corrected chi connectivity index (χ3v) is 2.79. The maximum absolute atomic E-state index is 5.40. The maximum Gasteiger partial charge on any atom is 0.0620 e. The zero-order valence-electron chi connectivity index (χ0n) is 8.47. The molecule has 1 saturated heterocycles. The second kappa shape index (κ2) is 4.83. The van der Waals surface area contributed by atoms with E-state index in [-0.39, 0.29) is 0 Å². The van der Waals surface area contributed by atoms with Crippen molar-refractivity contribution < 1.29 is 4.74 Å². The standard InChI is InChI=1S/C10H21NO/c1-8(2)9(3)6-10-7-12-5-4-11-10/h8-11H,4-7H2,1-3H3/t9-,10+/m1/s1. The number of ether oxygens (including phenoxy) is 1. The highest BCUT2D eigenvalue weighted by atomic mass is 16.5. The smallest absolute Gasteiger partial charge is 0.0620 e. The molecular weight excluding hydrogens is 150 g/mol. The molecule has 0 unspecified atom stereocenters. The van der Waals surface area contributed by atoms with Crippen molar-refractivity contribution in [2.75, 3.05) is 19.8 Å². The van der Waals surface area contributed by atoms with E-state index in [1.807, 2.05) is 0 Å². The van der Waals surface area contributed by atoms with Crippen LogP contribution in [0.5, 0.6) is 0 Å². The van der Waals surface area contributed by atoms with Crippen molar-refractivity contribution in [2.45, 2.75) is 33.2 Å². The van der Waals surface area contributed by atoms with Crippen LogP contribution in [-0.2, 0) is 4.74 Å². The molecule has 0 bridgehead atoms. The minimum absolute atomic E-state index is 0.594. The van der Waals surface area contributed by atoms with Crippen LogP contribution in [0.15, 0.2) is 0 Å². The van der Waals surface area contributed by atoms with E-state index in [9.17, 15) is 0 Å². The quantitative estimate of drug-likeness (QED) is 0.697. The molecule has 12 heavy (non-hydrogen) atoms. The minimum Gasteiger partial charge on any atom is -0.379 e. The van der Waals surface area contributed by atoms with Gasteiger partial charge in [-0.25, -0.2) is 0 Å². The van der Waals surface area contributed by atoms with Crippen LogP contribution >= 0.6 is 0 Å². The van der Waals surface area contributed by atoms with Gasteiger partial charge in [0.2, 0.25) is 0 Å². The average molecular weight is 171 g/mol. The molecule has 1 N–H and O–H groups in total. The third-order valence-electron chi connectivity index (χ3n) is 2.79. The maximum atomic E-state index is 5.40. The van der Waals surface area contributed by atoms with Gasteiger partial charge in [-0.3, -0.25) is 0 Å². The summed E-state index contributed by atoms with van der Waals surface area (Å²) in [5.41, 5.74) is 0. The average Bonchev–Trinajstić information content (AvgIpc) is 2.06. The molecule has 0 aromatic carbocycles. The number of morpholine rings is 1. The van der Waals surface area contributed by atoms with Crippen molar-refractivity contribution in [1.82, 2.24) is 5.32 Å². The monoisotopic (exact) mass is 171 g/mol. The summed E-state index contributed by atoms with van der Waals surface area (Å²) in [5.74, 6) is 1.58. The van der Waals surface area contributed by atoms with Crippen LogP contribution in [0, 0.1) is 11.8 Å². The topological polar surface area (TPSA) is 21.3 Å². The largest absolute Gasteiger partial charge is 0.379 e. The van der Waals surface area contributed by atoms with Gasteiger partial charge in [-0.2, -0.15) is 0 Å². The van der Waals surface area contributed by atoms with Crippen molar-refractivity contribution in [2.24, 2.45) is 11.8 Å². The van der Waals surface area contributed by atoms with E-state index >= 15 is 0 Å². The van der Waals surface area contributed by atoms with Crippen molar-refractivity contribution in [3.63, 3.8) is 0 Å². The highest BCUT2D eigenvalue weighted by Crippen LogP contribution is 2.16. The molecule has 72 valence electrons. The fourth-order valence-corrected chi connectivity index (χ4v) is 1.49. The summed E-state index contributed by atoms with van der Waals surface area (Å²) < 4.78 is 5.40. The van der Waals surface area contributed by atoms with Crippen LogP contribution in [0.1, 0.15) is 27.2 Å². The Kier molecular flexibility index (Phi) is 4.02. The lowest BCUT2D eigenvalue weighted by Gasteiger charge is -2.27. The Balaban J connectivity index is 2.20. The fraction of sp³-hybridized carbons (Fsp3) is 1.00. The summed E-state index contributed by atoms with van der Waals surface area (Å²) in [5, 5.41) is 3.48. The first-order valence-corrected chi connectivity index (χ1v) is 5.01. The number of rotatable bonds is 3. The SMILES string of the molecule is CC(C)[C@H](C)C[C@H]1COCCN1. The normalized spacial score (nSPS) is 27.5. The Morgan fingerprint density at radius 2 is 2.17 bits per heavy atom. The van der Waals surface area contributed by atoms with Crippen molar-refractivity contribution in [1.29, 1.82) is 0 Å². The lowest BCUT2D eigenvalue weighted by atomic mass is 9.91. The highest BCUT2D eigenvalue weighted by Gasteiger charge is 2.17. The van der Waals surface area contributed by atoms with Crippen LogP contribution in [0.4, 0.5) is 0 Å².